The van der Waals surface area contributed by atoms with Crippen LogP contribution in [0.25, 0.3) is 0 Å². The molecule has 0 N–H and O–H groups in total. The Hall–Kier alpha value is 0.827. The number of hydrogen-bond donors (Lipinski definition) is 0. The Morgan fingerprint density at radius 1 is 0.789 bits per heavy atom. The summed E-state index contributed by atoms with van der Waals surface area (Å²) in [6.45, 7) is 9.00. The molecule has 0 rings (SSSR count). The van der Waals surface area contributed by atoms with Crippen molar-refractivity contribution in [3.63, 3.8) is 0 Å². The normalized spacial score (nSPS) is 15.6. The van der Waals surface area contributed by atoms with Crippen LogP contribution in [0.3, 0.4) is 0 Å². The average Bonchev–Trinajstić information content (AvgIpc) is 2.39. The van der Waals surface area contributed by atoms with Crippen molar-refractivity contribution in [1.29, 1.82) is 0 Å². The maximum atomic E-state index is 12.3. The molecule has 112 valence electrons. The molecule has 0 aliphatic rings. The molecule has 0 spiro atoms. The molecule has 0 aromatic carbocycles. The fourth-order valence-corrected chi connectivity index (χ4v) is 5.05. The van der Waals surface area contributed by atoms with E-state index in [4.69, 9.17) is 0 Å². The molecule has 0 amide bonds. The van der Waals surface area contributed by atoms with Crippen LogP contribution < -0.4 is 0 Å². The molecule has 0 aromatic rings. The molecule has 0 aliphatic carbocycles. The van der Waals surface area contributed by atoms with Crippen LogP contribution >= 0.6 is 7.80 Å². The van der Waals surface area contributed by atoms with Gasteiger partial charge in [-0.25, -0.2) is 0 Å². The average molecular weight is 282 g/mol. The van der Waals surface area contributed by atoms with Gasteiger partial charge in [0.2, 0.25) is 0 Å². The van der Waals surface area contributed by atoms with Crippen molar-refractivity contribution in [1.82, 2.24) is 0 Å². The molecule has 0 aromatic heterocycles. The van der Waals surface area contributed by atoms with E-state index in [1.54, 1.807) is 0 Å². The third-order valence-corrected chi connectivity index (χ3v) is 6.18. The van der Waals surface area contributed by atoms with Crippen LogP contribution in [-0.4, -0.2) is 31.2 Å². The zero-order valence-corrected chi connectivity index (χ0v) is 14.1. The first kappa shape index (κ1) is 22.1. The molecule has 1 nitrogen and oxygen atoms in total. The van der Waals surface area contributed by atoms with Gasteiger partial charge in [0.05, 0.1) is 7.80 Å². The van der Waals surface area contributed by atoms with Gasteiger partial charge in [-0.2, -0.15) is 0 Å². The van der Waals surface area contributed by atoms with Crippen LogP contribution in [0.2, 0.25) is 0 Å². The summed E-state index contributed by atoms with van der Waals surface area (Å²) in [6.07, 6.45) is 12.2. The number of rotatable bonds is 12. The molecule has 2 unspecified atom stereocenters. The van der Waals surface area contributed by atoms with Crippen LogP contribution in [0.4, 0.5) is 0 Å². The van der Waals surface area contributed by atoms with Crippen LogP contribution in [0.5, 0.6) is 0 Å². The van der Waals surface area contributed by atoms with Crippen LogP contribution in [-0.2, 0) is 4.57 Å². The Labute approximate surface area is 134 Å². The Bertz CT molecular complexity index is 189. The summed E-state index contributed by atoms with van der Waals surface area (Å²) in [5, 5.41) is 0. The minimum absolute atomic E-state index is 0. The number of hydrogen-bond acceptors (Lipinski definition) is 1. The fraction of sp³-hybridized carbons (Fsp3) is 1.00. The molecular weight excluding hydrogens is 246 g/mol. The molecular formula is C16H36LiOP. The van der Waals surface area contributed by atoms with E-state index in [2.05, 4.69) is 27.7 Å². The zero-order chi connectivity index (χ0) is 13.8. The Morgan fingerprint density at radius 2 is 1.16 bits per heavy atom. The molecule has 2 atom stereocenters. The quantitative estimate of drug-likeness (QED) is 0.349. The third kappa shape index (κ3) is 12.3. The first-order chi connectivity index (χ1) is 8.67. The van der Waals surface area contributed by atoms with E-state index in [9.17, 15) is 4.57 Å². The zero-order valence-electron chi connectivity index (χ0n) is 13.1. The van der Waals surface area contributed by atoms with Gasteiger partial charge in [-0.1, -0.05) is 79.1 Å². The summed E-state index contributed by atoms with van der Waals surface area (Å²) in [7, 11) is -1.32. The third-order valence-electron chi connectivity index (χ3n) is 4.12. The van der Waals surface area contributed by atoms with Crippen molar-refractivity contribution in [3.8, 4) is 0 Å². The molecule has 0 bridgehead atoms. The van der Waals surface area contributed by atoms with E-state index in [0.717, 1.165) is 24.2 Å². The SMILES string of the molecule is CCCCC(CC)C[PH](=O)CC(CC)CCCC.[LiH]. The Morgan fingerprint density at radius 3 is 1.42 bits per heavy atom. The van der Waals surface area contributed by atoms with Gasteiger partial charge in [0.15, 0.2) is 0 Å². The second kappa shape index (κ2) is 15.2. The van der Waals surface area contributed by atoms with E-state index in [0.29, 0.717) is 0 Å². The summed E-state index contributed by atoms with van der Waals surface area (Å²) in [4.78, 5) is 0. The first-order valence-corrected chi connectivity index (χ1v) is 10.0. The van der Waals surface area contributed by atoms with Crippen molar-refractivity contribution >= 4 is 26.7 Å². The fourth-order valence-electron chi connectivity index (χ4n) is 2.61. The van der Waals surface area contributed by atoms with Crippen molar-refractivity contribution in [2.45, 2.75) is 79.1 Å². The predicted octanol–water partition coefficient (Wildman–Crippen LogP) is 5.33. The molecule has 0 fully saturated rings. The molecule has 0 saturated carbocycles. The van der Waals surface area contributed by atoms with E-state index >= 15 is 0 Å². The first-order valence-electron chi connectivity index (χ1n) is 8.19. The van der Waals surface area contributed by atoms with E-state index in [1.807, 2.05) is 0 Å². The van der Waals surface area contributed by atoms with Gasteiger partial charge in [-0.15, -0.1) is 0 Å². The standard InChI is InChI=1S/C16H35OP.Li.H/c1-5-9-11-15(7-3)13-18(17)14-16(8-4)12-10-6-2;;/h15-16,18H,5-14H2,1-4H3;;. The second-order valence-electron chi connectivity index (χ2n) is 5.78. The second-order valence-corrected chi connectivity index (χ2v) is 7.67. The Kier molecular flexibility index (Phi) is 17.7. The van der Waals surface area contributed by atoms with Gasteiger partial charge in [0.1, 0.15) is 0 Å². The monoisotopic (exact) mass is 282 g/mol. The molecule has 0 heterocycles. The van der Waals surface area contributed by atoms with Crippen molar-refractivity contribution in [2.24, 2.45) is 11.8 Å². The van der Waals surface area contributed by atoms with Crippen LogP contribution in [0, 0.1) is 11.8 Å². The van der Waals surface area contributed by atoms with Gasteiger partial charge in [-0.05, 0) is 11.8 Å². The van der Waals surface area contributed by atoms with Gasteiger partial charge in [-0.3, -0.25) is 0 Å². The summed E-state index contributed by atoms with van der Waals surface area (Å²) >= 11 is 0. The summed E-state index contributed by atoms with van der Waals surface area (Å²) in [5.41, 5.74) is 0. The van der Waals surface area contributed by atoms with Crippen molar-refractivity contribution < 1.29 is 4.57 Å². The predicted molar refractivity (Wildman–Crippen MR) is 92.5 cm³/mol. The van der Waals surface area contributed by atoms with Crippen LogP contribution in [0.1, 0.15) is 79.1 Å². The minimum atomic E-state index is -1.32. The molecule has 0 saturated heterocycles. The van der Waals surface area contributed by atoms with Gasteiger partial charge in [0.25, 0.3) is 0 Å². The summed E-state index contributed by atoms with van der Waals surface area (Å²) in [5.74, 6) is 1.44. The summed E-state index contributed by atoms with van der Waals surface area (Å²) < 4.78 is 12.3. The summed E-state index contributed by atoms with van der Waals surface area (Å²) in [6, 6.07) is 0. The topological polar surface area (TPSA) is 17.1 Å². The van der Waals surface area contributed by atoms with Gasteiger partial charge >= 0.3 is 18.9 Å². The molecule has 19 heavy (non-hydrogen) atoms. The van der Waals surface area contributed by atoms with Crippen molar-refractivity contribution in [2.75, 3.05) is 12.3 Å². The Balaban J connectivity index is 0. The van der Waals surface area contributed by atoms with Gasteiger partial charge in [0, 0.05) is 12.3 Å². The molecule has 0 radical (unpaired) electrons. The van der Waals surface area contributed by atoms with Crippen LogP contribution in [0.15, 0.2) is 0 Å². The maximum absolute atomic E-state index is 12.3. The van der Waals surface area contributed by atoms with E-state index < -0.39 is 7.80 Å². The van der Waals surface area contributed by atoms with E-state index in [-0.39, 0.29) is 18.9 Å². The molecule has 3 heteroatoms. The molecule has 0 aliphatic heterocycles. The van der Waals surface area contributed by atoms with Crippen molar-refractivity contribution in [3.05, 3.63) is 0 Å². The van der Waals surface area contributed by atoms with E-state index in [1.165, 1.54) is 51.4 Å². The van der Waals surface area contributed by atoms with Gasteiger partial charge < -0.3 is 4.57 Å². The number of unbranched alkanes of at least 4 members (excludes halogenated alkanes) is 2.